The molecule has 1 N–H and O–H groups in total. The highest BCUT2D eigenvalue weighted by Gasteiger charge is 2.20. The van der Waals surface area contributed by atoms with Gasteiger partial charge in [-0.15, -0.1) is 0 Å². The summed E-state index contributed by atoms with van der Waals surface area (Å²) in [6, 6.07) is 8.14. The Kier molecular flexibility index (Phi) is 5.18. The van der Waals surface area contributed by atoms with E-state index in [-0.39, 0.29) is 6.10 Å². The summed E-state index contributed by atoms with van der Waals surface area (Å²) in [6.45, 7) is 4.36. The molecule has 0 saturated carbocycles. The van der Waals surface area contributed by atoms with Crippen LogP contribution in [0, 0.1) is 5.92 Å². The molecule has 1 heterocycles. The van der Waals surface area contributed by atoms with Crippen molar-refractivity contribution in [2.45, 2.75) is 52.1 Å². The van der Waals surface area contributed by atoms with Crippen molar-refractivity contribution in [2.75, 3.05) is 0 Å². The minimum Gasteiger partial charge on any atom is -0.392 e. The van der Waals surface area contributed by atoms with Gasteiger partial charge in [0.25, 0.3) is 0 Å². The Labute approximate surface area is 121 Å². The van der Waals surface area contributed by atoms with Crippen molar-refractivity contribution in [3.8, 4) is 0 Å². The second-order valence-electron chi connectivity index (χ2n) is 5.66. The quantitative estimate of drug-likeness (QED) is 0.836. The summed E-state index contributed by atoms with van der Waals surface area (Å²) in [5.41, 5.74) is 2.15. The molecule has 110 valence electrons. The third kappa shape index (κ3) is 3.21. The van der Waals surface area contributed by atoms with Crippen molar-refractivity contribution < 1.29 is 5.11 Å². The fourth-order valence-electron chi connectivity index (χ4n) is 2.87. The molecule has 2 atom stereocenters. The first-order chi connectivity index (χ1) is 9.67. The number of aromatic nitrogens is 2. The van der Waals surface area contributed by atoms with Gasteiger partial charge in [0.15, 0.2) is 0 Å². The number of nitrogens with zero attached hydrogens (tertiary/aromatic N) is 2. The first-order valence-electron chi connectivity index (χ1n) is 7.75. The largest absolute Gasteiger partial charge is 0.392 e. The minimum absolute atomic E-state index is 0.290. The number of benzene rings is 1. The molecule has 1 aromatic carbocycles. The van der Waals surface area contributed by atoms with Crippen LogP contribution in [0.4, 0.5) is 0 Å². The number of aryl methyl sites for hydroxylation is 1. The number of para-hydroxylation sites is 2. The van der Waals surface area contributed by atoms with E-state index >= 15 is 0 Å². The summed E-state index contributed by atoms with van der Waals surface area (Å²) >= 11 is 0. The molecule has 2 unspecified atom stereocenters. The second kappa shape index (κ2) is 6.89. The molecule has 0 amide bonds. The van der Waals surface area contributed by atoms with Crippen LogP contribution in [0.2, 0.25) is 0 Å². The molecule has 0 saturated heterocycles. The van der Waals surface area contributed by atoms with Crippen LogP contribution in [0.1, 0.15) is 45.4 Å². The Morgan fingerprint density at radius 2 is 2.00 bits per heavy atom. The van der Waals surface area contributed by atoms with E-state index in [4.69, 9.17) is 0 Å². The molecule has 0 bridgehead atoms. The number of unbranched alkanes of at least 4 members (excludes halogenated alkanes) is 1. The van der Waals surface area contributed by atoms with E-state index in [1.807, 2.05) is 25.2 Å². The van der Waals surface area contributed by atoms with Gasteiger partial charge < -0.3 is 9.67 Å². The van der Waals surface area contributed by atoms with Gasteiger partial charge in [0.1, 0.15) is 5.82 Å². The highest BCUT2D eigenvalue weighted by atomic mass is 16.3. The number of aliphatic hydroxyl groups excluding tert-OH is 1. The lowest BCUT2D eigenvalue weighted by Gasteiger charge is -2.21. The number of fused-ring (bicyclic) bond motifs is 1. The van der Waals surface area contributed by atoms with E-state index in [1.54, 1.807) is 0 Å². The summed E-state index contributed by atoms with van der Waals surface area (Å²) in [5, 5.41) is 10.5. The lowest BCUT2D eigenvalue weighted by molar-refractivity contribution is 0.0963. The smallest absolute Gasteiger partial charge is 0.112 e. The van der Waals surface area contributed by atoms with Gasteiger partial charge in [0.05, 0.1) is 17.1 Å². The molecule has 1 aromatic heterocycles. The Morgan fingerprint density at radius 1 is 1.25 bits per heavy atom. The first kappa shape index (κ1) is 15.0. The van der Waals surface area contributed by atoms with E-state index in [0.717, 1.165) is 29.7 Å². The predicted molar refractivity (Wildman–Crippen MR) is 83.7 cm³/mol. The van der Waals surface area contributed by atoms with Crippen molar-refractivity contribution in [3.05, 3.63) is 30.1 Å². The van der Waals surface area contributed by atoms with Crippen LogP contribution in [-0.2, 0) is 13.5 Å². The van der Waals surface area contributed by atoms with E-state index in [0.29, 0.717) is 12.3 Å². The van der Waals surface area contributed by atoms with Crippen LogP contribution in [0.25, 0.3) is 11.0 Å². The molecule has 20 heavy (non-hydrogen) atoms. The molecule has 2 rings (SSSR count). The van der Waals surface area contributed by atoms with E-state index in [9.17, 15) is 5.11 Å². The third-order valence-corrected chi connectivity index (χ3v) is 4.27. The Bertz CT molecular complexity index is 547. The fraction of sp³-hybridized carbons (Fsp3) is 0.588. The van der Waals surface area contributed by atoms with E-state index in [2.05, 4.69) is 29.5 Å². The van der Waals surface area contributed by atoms with E-state index < -0.39 is 0 Å². The number of hydrogen-bond donors (Lipinski definition) is 1. The monoisotopic (exact) mass is 274 g/mol. The van der Waals surface area contributed by atoms with Crippen molar-refractivity contribution in [2.24, 2.45) is 13.0 Å². The highest BCUT2D eigenvalue weighted by Crippen LogP contribution is 2.21. The second-order valence-corrected chi connectivity index (χ2v) is 5.66. The Morgan fingerprint density at radius 3 is 2.65 bits per heavy atom. The Balaban J connectivity index is 2.12. The van der Waals surface area contributed by atoms with Crippen molar-refractivity contribution in [1.82, 2.24) is 9.55 Å². The molecule has 0 spiro atoms. The van der Waals surface area contributed by atoms with Crippen molar-refractivity contribution in [1.29, 1.82) is 0 Å². The minimum atomic E-state index is -0.290. The summed E-state index contributed by atoms with van der Waals surface area (Å²) in [7, 11) is 2.03. The number of imidazole rings is 1. The number of hydrogen-bond acceptors (Lipinski definition) is 2. The molecule has 0 fully saturated rings. The third-order valence-electron chi connectivity index (χ3n) is 4.27. The first-order valence-corrected chi connectivity index (χ1v) is 7.75. The van der Waals surface area contributed by atoms with Crippen LogP contribution in [0.5, 0.6) is 0 Å². The van der Waals surface area contributed by atoms with Crippen LogP contribution in [-0.4, -0.2) is 20.8 Å². The average molecular weight is 274 g/mol. The van der Waals surface area contributed by atoms with Gasteiger partial charge in [0.2, 0.25) is 0 Å². The molecule has 3 nitrogen and oxygen atoms in total. The molecule has 2 aromatic rings. The summed E-state index contributed by atoms with van der Waals surface area (Å²) in [5.74, 6) is 1.36. The van der Waals surface area contributed by atoms with Gasteiger partial charge in [0, 0.05) is 13.5 Å². The maximum absolute atomic E-state index is 10.5. The van der Waals surface area contributed by atoms with Gasteiger partial charge in [-0.1, -0.05) is 45.2 Å². The van der Waals surface area contributed by atoms with Gasteiger partial charge in [-0.25, -0.2) is 4.98 Å². The number of aliphatic hydroxyl groups is 1. The van der Waals surface area contributed by atoms with Gasteiger partial charge >= 0.3 is 0 Å². The maximum atomic E-state index is 10.5. The predicted octanol–water partition coefficient (Wildman–Crippen LogP) is 3.69. The molecular weight excluding hydrogens is 248 g/mol. The van der Waals surface area contributed by atoms with Gasteiger partial charge in [-0.3, -0.25) is 0 Å². The Hall–Kier alpha value is -1.35. The van der Waals surface area contributed by atoms with Gasteiger partial charge in [-0.2, -0.15) is 0 Å². The zero-order valence-electron chi connectivity index (χ0n) is 12.8. The molecule has 0 aliphatic carbocycles. The van der Waals surface area contributed by atoms with Crippen LogP contribution in [0.3, 0.4) is 0 Å². The lowest BCUT2D eigenvalue weighted by Crippen LogP contribution is -2.24. The maximum Gasteiger partial charge on any atom is 0.112 e. The lowest BCUT2D eigenvalue weighted by atomic mass is 9.91. The average Bonchev–Trinajstić information content (AvgIpc) is 2.77. The highest BCUT2D eigenvalue weighted by molar-refractivity contribution is 5.75. The van der Waals surface area contributed by atoms with Crippen LogP contribution >= 0.6 is 0 Å². The van der Waals surface area contributed by atoms with E-state index in [1.165, 1.54) is 12.8 Å². The molecule has 0 aliphatic heterocycles. The molecule has 0 aliphatic rings. The van der Waals surface area contributed by atoms with Gasteiger partial charge in [-0.05, 0) is 24.5 Å². The summed E-state index contributed by atoms with van der Waals surface area (Å²) in [6.07, 6.45) is 4.88. The van der Waals surface area contributed by atoms with Crippen LogP contribution in [0.15, 0.2) is 24.3 Å². The zero-order chi connectivity index (χ0) is 14.5. The van der Waals surface area contributed by atoms with Crippen LogP contribution < -0.4 is 0 Å². The normalized spacial score (nSPS) is 14.6. The molecule has 0 radical (unpaired) electrons. The SMILES string of the molecule is CCCCC(CC)C(O)Cc1nc2ccccc2n1C. The molecule has 3 heteroatoms. The fourth-order valence-corrected chi connectivity index (χ4v) is 2.87. The van der Waals surface area contributed by atoms with Crippen molar-refractivity contribution >= 4 is 11.0 Å². The standard InChI is InChI=1S/C17H26N2O/c1-4-6-9-13(5-2)16(20)12-17-18-14-10-7-8-11-15(14)19(17)3/h7-8,10-11,13,16,20H,4-6,9,12H2,1-3H3. The summed E-state index contributed by atoms with van der Waals surface area (Å²) in [4.78, 5) is 4.65. The topological polar surface area (TPSA) is 38.1 Å². The summed E-state index contributed by atoms with van der Waals surface area (Å²) < 4.78 is 2.10. The number of rotatable bonds is 7. The molecular formula is C17H26N2O. The zero-order valence-corrected chi connectivity index (χ0v) is 12.8. The van der Waals surface area contributed by atoms with Crippen molar-refractivity contribution in [3.63, 3.8) is 0 Å².